The van der Waals surface area contributed by atoms with Gasteiger partial charge in [0.2, 0.25) is 0 Å². The number of hydrogen-bond acceptors (Lipinski definition) is 5. The van der Waals surface area contributed by atoms with Crippen LogP contribution in [0.25, 0.3) is 0 Å². The zero-order valence-corrected chi connectivity index (χ0v) is 24.7. The maximum atomic E-state index is 12.6. The summed E-state index contributed by atoms with van der Waals surface area (Å²) in [4.78, 5) is 27.2. The lowest BCUT2D eigenvalue weighted by Gasteiger charge is -2.32. The van der Waals surface area contributed by atoms with Crippen LogP contribution in [0.3, 0.4) is 0 Å². The normalized spacial score (nSPS) is 14.0. The highest BCUT2D eigenvalue weighted by Gasteiger charge is 2.19. The molecule has 4 aromatic carbocycles. The summed E-state index contributed by atoms with van der Waals surface area (Å²) in [6.45, 7) is 2.95. The molecule has 0 saturated carbocycles. The second kappa shape index (κ2) is 15.1. The van der Waals surface area contributed by atoms with Gasteiger partial charge in [-0.25, -0.2) is 5.43 Å². The van der Waals surface area contributed by atoms with Gasteiger partial charge in [-0.15, -0.1) is 0 Å². The van der Waals surface area contributed by atoms with Gasteiger partial charge in [0, 0.05) is 22.8 Å². The fourth-order valence-corrected chi connectivity index (χ4v) is 5.30. The van der Waals surface area contributed by atoms with Crippen LogP contribution in [0.15, 0.2) is 108 Å². The molecule has 2 amide bonds. The number of carbonyl (C=O) groups excluding carboxylic acids is 2. The molecule has 0 aromatic heterocycles. The number of hydrogen-bond donors (Lipinski definition) is 2. The third-order valence-corrected chi connectivity index (χ3v) is 7.67. The Morgan fingerprint density at radius 1 is 0.884 bits per heavy atom. The Bertz CT molecular complexity index is 1520. The molecule has 1 fully saturated rings. The first kappa shape index (κ1) is 30.0. The number of rotatable bonds is 11. The van der Waals surface area contributed by atoms with Gasteiger partial charge >= 0.3 is 0 Å². The Morgan fingerprint density at radius 3 is 2.35 bits per heavy atom. The van der Waals surface area contributed by atoms with Crippen molar-refractivity contribution in [1.29, 1.82) is 0 Å². The molecular weight excluding hydrogens is 560 g/mol. The molecule has 1 aliphatic heterocycles. The molecule has 4 aromatic rings. The van der Waals surface area contributed by atoms with Crippen molar-refractivity contribution in [3.63, 3.8) is 0 Å². The monoisotopic (exact) mass is 594 g/mol. The maximum Gasteiger partial charge on any atom is 0.271 e. The minimum Gasteiger partial charge on any atom is -0.484 e. The number of amides is 2. The average Bonchev–Trinajstić information content (AvgIpc) is 3.02. The molecule has 0 radical (unpaired) electrons. The van der Waals surface area contributed by atoms with Crippen LogP contribution in [0.1, 0.15) is 39.9 Å². The second-order valence-corrected chi connectivity index (χ2v) is 11.2. The van der Waals surface area contributed by atoms with E-state index >= 15 is 0 Å². The maximum absolute atomic E-state index is 12.6. The van der Waals surface area contributed by atoms with Gasteiger partial charge in [0.25, 0.3) is 11.8 Å². The standard InChI is InChI=1S/C35H35ClN4O3/c36-31-7-4-8-32(22-31)38-34(41)25-43-33-15-11-28(12-16-33)23-37-39-35(42)30-13-9-29(10-14-30)24-40-19-17-27(18-20-40)21-26-5-2-1-3-6-26/h1-16,22-23,27H,17-21,24-25H2,(H,38,41)(H,39,42)/b37-23-. The van der Waals surface area contributed by atoms with Crippen molar-refractivity contribution < 1.29 is 14.3 Å². The van der Waals surface area contributed by atoms with Gasteiger partial charge in [0.1, 0.15) is 5.75 Å². The summed E-state index contributed by atoms with van der Waals surface area (Å²) in [6.07, 6.45) is 5.15. The summed E-state index contributed by atoms with van der Waals surface area (Å²) >= 11 is 5.94. The minimum atomic E-state index is -0.289. The zero-order valence-electron chi connectivity index (χ0n) is 23.9. The predicted octanol–water partition coefficient (Wildman–Crippen LogP) is 6.58. The summed E-state index contributed by atoms with van der Waals surface area (Å²) in [5.41, 5.74) is 7.15. The number of likely N-dealkylation sites (tertiary alicyclic amines) is 1. The molecule has 0 bridgehead atoms. The van der Waals surface area contributed by atoms with Crippen LogP contribution in [0.2, 0.25) is 5.02 Å². The molecule has 1 saturated heterocycles. The lowest BCUT2D eigenvalue weighted by molar-refractivity contribution is -0.118. The van der Waals surface area contributed by atoms with Gasteiger partial charge in [-0.2, -0.15) is 5.10 Å². The number of nitrogens with zero attached hydrogens (tertiary/aromatic N) is 2. The van der Waals surface area contributed by atoms with E-state index in [1.54, 1.807) is 54.7 Å². The Labute approximate surface area is 257 Å². The molecular formula is C35H35ClN4O3. The van der Waals surface area contributed by atoms with Crippen LogP contribution >= 0.6 is 11.6 Å². The van der Waals surface area contributed by atoms with E-state index in [4.69, 9.17) is 16.3 Å². The summed E-state index contributed by atoms with van der Waals surface area (Å²) in [5, 5.41) is 7.36. The number of benzene rings is 4. The molecule has 1 heterocycles. The fourth-order valence-electron chi connectivity index (χ4n) is 5.11. The SMILES string of the molecule is O=C(COc1ccc(/C=N\NC(=O)c2ccc(CN3CCC(Cc4ccccc4)CC3)cc2)cc1)Nc1cccc(Cl)c1. The molecule has 43 heavy (non-hydrogen) atoms. The number of carbonyl (C=O) groups is 2. The quantitative estimate of drug-likeness (QED) is 0.152. The van der Waals surface area contributed by atoms with E-state index in [1.165, 1.54) is 24.0 Å². The van der Waals surface area contributed by atoms with Crippen molar-refractivity contribution in [2.75, 3.05) is 25.0 Å². The topological polar surface area (TPSA) is 83.0 Å². The minimum absolute atomic E-state index is 0.137. The van der Waals surface area contributed by atoms with Crippen LogP contribution in [0.4, 0.5) is 5.69 Å². The van der Waals surface area contributed by atoms with E-state index < -0.39 is 0 Å². The fraction of sp³-hybridized carbons (Fsp3) is 0.229. The molecule has 220 valence electrons. The first-order valence-electron chi connectivity index (χ1n) is 14.5. The van der Waals surface area contributed by atoms with E-state index in [1.807, 2.05) is 24.3 Å². The van der Waals surface area contributed by atoms with Crippen molar-refractivity contribution in [2.24, 2.45) is 11.0 Å². The molecule has 0 unspecified atom stereocenters. The molecule has 5 rings (SSSR count). The van der Waals surface area contributed by atoms with E-state index in [0.717, 1.165) is 37.5 Å². The van der Waals surface area contributed by atoms with E-state index in [0.29, 0.717) is 22.0 Å². The molecule has 2 N–H and O–H groups in total. The van der Waals surface area contributed by atoms with Gasteiger partial charge in [0.15, 0.2) is 6.61 Å². The van der Waals surface area contributed by atoms with Crippen LogP contribution < -0.4 is 15.5 Å². The van der Waals surface area contributed by atoms with Gasteiger partial charge in [0.05, 0.1) is 6.21 Å². The van der Waals surface area contributed by atoms with Crippen molar-refractivity contribution in [3.05, 3.63) is 130 Å². The number of piperidine rings is 1. The van der Waals surface area contributed by atoms with Crippen molar-refractivity contribution >= 4 is 35.3 Å². The van der Waals surface area contributed by atoms with Crippen LogP contribution in [-0.2, 0) is 17.8 Å². The first-order chi connectivity index (χ1) is 21.0. The number of hydrazone groups is 1. The van der Waals surface area contributed by atoms with E-state index in [2.05, 4.69) is 51.1 Å². The lowest BCUT2D eigenvalue weighted by Crippen LogP contribution is -2.33. The van der Waals surface area contributed by atoms with Gasteiger partial charge < -0.3 is 10.1 Å². The Balaban J connectivity index is 1.01. The molecule has 1 aliphatic rings. The highest BCUT2D eigenvalue weighted by molar-refractivity contribution is 6.30. The predicted molar refractivity (Wildman–Crippen MR) is 172 cm³/mol. The number of ether oxygens (including phenoxy) is 1. The largest absolute Gasteiger partial charge is 0.484 e. The molecule has 7 nitrogen and oxygen atoms in total. The van der Waals surface area contributed by atoms with Gasteiger partial charge in [-0.3, -0.25) is 14.5 Å². The third-order valence-electron chi connectivity index (χ3n) is 7.43. The smallest absolute Gasteiger partial charge is 0.271 e. The zero-order chi connectivity index (χ0) is 29.9. The van der Waals surface area contributed by atoms with Crippen molar-refractivity contribution in [3.8, 4) is 5.75 Å². The third kappa shape index (κ3) is 9.53. The summed E-state index contributed by atoms with van der Waals surface area (Å²) in [5.74, 6) is 0.729. The summed E-state index contributed by atoms with van der Waals surface area (Å²) < 4.78 is 5.55. The van der Waals surface area contributed by atoms with Gasteiger partial charge in [-0.05, 0) is 110 Å². The Kier molecular flexibility index (Phi) is 10.6. The Morgan fingerprint density at radius 2 is 1.63 bits per heavy atom. The number of halogens is 1. The highest BCUT2D eigenvalue weighted by Crippen LogP contribution is 2.23. The lowest BCUT2D eigenvalue weighted by atomic mass is 9.90. The van der Waals surface area contributed by atoms with Crippen LogP contribution in [0, 0.1) is 5.92 Å². The molecule has 0 spiro atoms. The number of anilines is 1. The van der Waals surface area contributed by atoms with Crippen molar-refractivity contribution in [2.45, 2.75) is 25.8 Å². The number of nitrogens with one attached hydrogen (secondary N) is 2. The Hall–Kier alpha value is -4.46. The molecule has 8 heteroatoms. The molecule has 0 atom stereocenters. The summed E-state index contributed by atoms with van der Waals surface area (Å²) in [6, 6.07) is 32.4. The first-order valence-corrected chi connectivity index (χ1v) is 14.8. The van der Waals surface area contributed by atoms with Gasteiger partial charge in [-0.1, -0.05) is 60.1 Å². The summed E-state index contributed by atoms with van der Waals surface area (Å²) in [7, 11) is 0. The van der Waals surface area contributed by atoms with Crippen LogP contribution in [0.5, 0.6) is 5.75 Å². The van der Waals surface area contributed by atoms with E-state index in [-0.39, 0.29) is 18.4 Å². The van der Waals surface area contributed by atoms with Crippen molar-refractivity contribution in [1.82, 2.24) is 10.3 Å². The highest BCUT2D eigenvalue weighted by atomic mass is 35.5. The average molecular weight is 595 g/mol. The van der Waals surface area contributed by atoms with E-state index in [9.17, 15) is 9.59 Å². The van der Waals surface area contributed by atoms with Crippen LogP contribution in [-0.4, -0.2) is 42.6 Å². The molecule has 0 aliphatic carbocycles. The second-order valence-electron chi connectivity index (χ2n) is 10.7.